The molecule has 0 saturated heterocycles. The fraction of sp³-hybridized carbons (Fsp3) is 0.571. The van der Waals surface area contributed by atoms with Gasteiger partial charge in [0.25, 0.3) is 5.91 Å². The summed E-state index contributed by atoms with van der Waals surface area (Å²) in [6.45, 7) is 6.90. The number of carbonyl (C=O) groups excluding carboxylic acids is 1. The monoisotopic (exact) mass is 304 g/mol. The van der Waals surface area contributed by atoms with Crippen molar-refractivity contribution in [3.8, 4) is 0 Å². The molecule has 0 bridgehead atoms. The Hall–Kier alpha value is -2.22. The normalized spacial score (nSPS) is 14.1. The van der Waals surface area contributed by atoms with Gasteiger partial charge in [-0.2, -0.15) is 4.98 Å². The highest BCUT2D eigenvalue weighted by Crippen LogP contribution is 2.10. The van der Waals surface area contributed by atoms with Gasteiger partial charge in [0.15, 0.2) is 5.82 Å². The second kappa shape index (κ2) is 6.27. The maximum atomic E-state index is 12.1. The minimum absolute atomic E-state index is 0.175. The smallest absolute Gasteiger partial charge is 0.271 e. The van der Waals surface area contributed by atoms with E-state index in [0.29, 0.717) is 36.9 Å². The Labute approximate surface area is 128 Å². The van der Waals surface area contributed by atoms with Crippen molar-refractivity contribution >= 4 is 5.91 Å². The third-order valence-corrected chi connectivity index (χ3v) is 3.53. The number of nitrogens with one attached hydrogen (secondary N) is 2. The highest BCUT2D eigenvalue weighted by Gasteiger charge is 2.16. The molecule has 0 saturated carbocycles. The fourth-order valence-electron chi connectivity index (χ4n) is 2.28. The Morgan fingerprint density at radius 2 is 2.36 bits per heavy atom. The van der Waals surface area contributed by atoms with Crippen LogP contribution < -0.4 is 10.6 Å². The lowest BCUT2D eigenvalue weighted by Gasteiger charge is -2.13. The zero-order chi connectivity index (χ0) is 15.5. The van der Waals surface area contributed by atoms with Crippen LogP contribution in [0.2, 0.25) is 0 Å². The summed E-state index contributed by atoms with van der Waals surface area (Å²) in [6.07, 6.45) is 2.32. The SMILES string of the molecule is CC(C)c1noc(CCNC(=O)c2cn3c(n2)CNCC3)n1. The first-order valence-electron chi connectivity index (χ1n) is 7.51. The number of amides is 1. The van der Waals surface area contributed by atoms with Crippen molar-refractivity contribution < 1.29 is 9.32 Å². The molecule has 2 N–H and O–H groups in total. The highest BCUT2D eigenvalue weighted by molar-refractivity contribution is 5.92. The molecule has 22 heavy (non-hydrogen) atoms. The van der Waals surface area contributed by atoms with E-state index in [9.17, 15) is 4.79 Å². The van der Waals surface area contributed by atoms with E-state index in [0.717, 1.165) is 18.9 Å². The van der Waals surface area contributed by atoms with Gasteiger partial charge in [-0.05, 0) is 0 Å². The van der Waals surface area contributed by atoms with Crippen LogP contribution in [0.3, 0.4) is 0 Å². The molecule has 1 aliphatic rings. The molecular formula is C14H20N6O2. The van der Waals surface area contributed by atoms with Crippen LogP contribution in [0.15, 0.2) is 10.7 Å². The molecule has 2 aromatic heterocycles. The molecule has 1 aliphatic heterocycles. The minimum atomic E-state index is -0.175. The van der Waals surface area contributed by atoms with Crippen LogP contribution in [0.25, 0.3) is 0 Å². The van der Waals surface area contributed by atoms with Crippen molar-refractivity contribution in [1.29, 1.82) is 0 Å². The van der Waals surface area contributed by atoms with Crippen molar-refractivity contribution in [2.45, 2.75) is 39.3 Å². The van der Waals surface area contributed by atoms with Crippen molar-refractivity contribution in [1.82, 2.24) is 30.3 Å². The number of nitrogens with zero attached hydrogens (tertiary/aromatic N) is 4. The topological polar surface area (TPSA) is 97.9 Å². The third-order valence-electron chi connectivity index (χ3n) is 3.53. The van der Waals surface area contributed by atoms with E-state index in [-0.39, 0.29) is 11.8 Å². The van der Waals surface area contributed by atoms with Gasteiger partial charge in [0.05, 0.1) is 6.54 Å². The van der Waals surface area contributed by atoms with Crippen molar-refractivity contribution in [2.75, 3.05) is 13.1 Å². The molecule has 2 aromatic rings. The van der Waals surface area contributed by atoms with Gasteiger partial charge in [0, 0.05) is 38.2 Å². The lowest BCUT2D eigenvalue weighted by molar-refractivity contribution is 0.0948. The van der Waals surface area contributed by atoms with Gasteiger partial charge >= 0.3 is 0 Å². The molecule has 3 rings (SSSR count). The summed E-state index contributed by atoms with van der Waals surface area (Å²) >= 11 is 0. The zero-order valence-electron chi connectivity index (χ0n) is 12.8. The minimum Gasteiger partial charge on any atom is -0.350 e. The molecule has 0 aromatic carbocycles. The van der Waals surface area contributed by atoms with E-state index < -0.39 is 0 Å². The quantitative estimate of drug-likeness (QED) is 0.833. The molecular weight excluding hydrogens is 284 g/mol. The summed E-state index contributed by atoms with van der Waals surface area (Å²) in [7, 11) is 0. The molecule has 0 aliphatic carbocycles. The van der Waals surface area contributed by atoms with E-state index in [1.54, 1.807) is 6.20 Å². The molecule has 8 heteroatoms. The van der Waals surface area contributed by atoms with Gasteiger partial charge in [-0.15, -0.1) is 0 Å². The maximum Gasteiger partial charge on any atom is 0.271 e. The molecule has 1 amide bonds. The lowest BCUT2D eigenvalue weighted by atomic mass is 10.2. The Morgan fingerprint density at radius 3 is 3.09 bits per heavy atom. The molecule has 118 valence electrons. The van der Waals surface area contributed by atoms with Crippen molar-refractivity contribution in [3.05, 3.63) is 29.4 Å². The number of carbonyl (C=O) groups is 1. The Morgan fingerprint density at radius 1 is 1.50 bits per heavy atom. The molecule has 0 fully saturated rings. The van der Waals surface area contributed by atoms with Gasteiger partial charge < -0.3 is 19.7 Å². The van der Waals surface area contributed by atoms with E-state index in [2.05, 4.69) is 25.8 Å². The van der Waals surface area contributed by atoms with Crippen LogP contribution in [0.1, 0.15) is 47.8 Å². The molecule has 0 atom stereocenters. The summed E-state index contributed by atoms with van der Waals surface area (Å²) in [4.78, 5) is 20.7. The summed E-state index contributed by atoms with van der Waals surface area (Å²) in [6, 6.07) is 0. The van der Waals surface area contributed by atoms with Crippen LogP contribution in [-0.4, -0.2) is 38.7 Å². The van der Waals surface area contributed by atoms with Crippen molar-refractivity contribution in [3.63, 3.8) is 0 Å². The summed E-state index contributed by atoms with van der Waals surface area (Å²) in [5.74, 6) is 2.19. The first kappa shape index (κ1) is 14.7. The van der Waals surface area contributed by atoms with Crippen LogP contribution in [0.4, 0.5) is 0 Å². The Kier molecular flexibility index (Phi) is 4.19. The number of imidazole rings is 1. The second-order valence-corrected chi connectivity index (χ2v) is 5.62. The largest absolute Gasteiger partial charge is 0.350 e. The van der Waals surface area contributed by atoms with Crippen LogP contribution >= 0.6 is 0 Å². The van der Waals surface area contributed by atoms with Crippen LogP contribution in [0, 0.1) is 0 Å². The number of hydrogen-bond donors (Lipinski definition) is 2. The number of hydrogen-bond acceptors (Lipinski definition) is 6. The average Bonchev–Trinajstić information content (AvgIpc) is 3.13. The van der Waals surface area contributed by atoms with E-state index in [1.165, 1.54) is 0 Å². The molecule has 0 radical (unpaired) electrons. The van der Waals surface area contributed by atoms with E-state index >= 15 is 0 Å². The second-order valence-electron chi connectivity index (χ2n) is 5.62. The number of aromatic nitrogens is 4. The molecule has 8 nitrogen and oxygen atoms in total. The summed E-state index contributed by atoms with van der Waals surface area (Å²) < 4.78 is 7.15. The van der Waals surface area contributed by atoms with Crippen LogP contribution in [-0.2, 0) is 19.5 Å². The third kappa shape index (κ3) is 3.16. The van der Waals surface area contributed by atoms with Gasteiger partial charge in [-0.3, -0.25) is 4.79 Å². The Bertz CT molecular complexity index is 637. The Balaban J connectivity index is 1.52. The first-order chi connectivity index (χ1) is 10.6. The zero-order valence-corrected chi connectivity index (χ0v) is 12.8. The molecule has 0 unspecified atom stereocenters. The maximum absolute atomic E-state index is 12.1. The van der Waals surface area contributed by atoms with Gasteiger partial charge in [0.1, 0.15) is 11.5 Å². The predicted octanol–water partition coefficient (Wildman–Crippen LogP) is 0.465. The highest BCUT2D eigenvalue weighted by atomic mass is 16.5. The lowest BCUT2D eigenvalue weighted by Crippen LogP contribution is -2.27. The number of rotatable bonds is 5. The van der Waals surface area contributed by atoms with Gasteiger partial charge in [-0.1, -0.05) is 19.0 Å². The van der Waals surface area contributed by atoms with Crippen molar-refractivity contribution in [2.24, 2.45) is 0 Å². The fourth-order valence-corrected chi connectivity index (χ4v) is 2.28. The van der Waals surface area contributed by atoms with Gasteiger partial charge in [0.2, 0.25) is 5.89 Å². The first-order valence-corrected chi connectivity index (χ1v) is 7.51. The number of fused-ring (bicyclic) bond motifs is 1. The summed E-state index contributed by atoms with van der Waals surface area (Å²) in [5, 5.41) is 9.95. The predicted molar refractivity (Wildman–Crippen MR) is 78.4 cm³/mol. The molecule has 3 heterocycles. The molecule has 0 spiro atoms. The summed E-state index contributed by atoms with van der Waals surface area (Å²) in [5.41, 5.74) is 0.451. The average molecular weight is 304 g/mol. The van der Waals surface area contributed by atoms with E-state index in [1.807, 2.05) is 18.4 Å². The van der Waals surface area contributed by atoms with E-state index in [4.69, 9.17) is 4.52 Å². The van der Waals surface area contributed by atoms with Crippen LogP contribution in [0.5, 0.6) is 0 Å². The van der Waals surface area contributed by atoms with Gasteiger partial charge in [-0.25, -0.2) is 4.98 Å². The standard InChI is InChI=1S/C14H20N6O2/c1-9(2)13-18-12(22-19-13)3-4-16-14(21)10-8-20-6-5-15-7-11(20)17-10/h8-9,15H,3-7H2,1-2H3,(H,16,21).